The minimum absolute atomic E-state index is 0.775. The van der Waals surface area contributed by atoms with Crippen LogP contribution in [0.4, 0.5) is 11.6 Å². The third-order valence-corrected chi connectivity index (χ3v) is 1.90. The molecule has 5 heteroatoms. The van der Waals surface area contributed by atoms with Gasteiger partial charge in [-0.15, -0.1) is 0 Å². The molecule has 1 aromatic rings. The first-order chi connectivity index (χ1) is 7.36. The van der Waals surface area contributed by atoms with Crippen molar-refractivity contribution < 1.29 is 4.74 Å². The molecule has 0 aromatic carbocycles. The Bertz CT molecular complexity index is 280. The van der Waals surface area contributed by atoms with Crippen LogP contribution in [0.25, 0.3) is 0 Å². The van der Waals surface area contributed by atoms with Gasteiger partial charge in [-0.3, -0.25) is 0 Å². The van der Waals surface area contributed by atoms with Crippen molar-refractivity contribution in [1.82, 2.24) is 9.97 Å². The second-order valence-electron chi connectivity index (χ2n) is 3.02. The zero-order chi connectivity index (χ0) is 10.9. The van der Waals surface area contributed by atoms with Crippen molar-refractivity contribution in [2.24, 2.45) is 0 Å². The van der Waals surface area contributed by atoms with Crippen LogP contribution in [0, 0.1) is 0 Å². The lowest BCUT2D eigenvalue weighted by molar-refractivity contribution is 0.147. The minimum atomic E-state index is 0.775. The summed E-state index contributed by atoms with van der Waals surface area (Å²) in [6, 6.07) is 1.88. The van der Waals surface area contributed by atoms with E-state index in [0.29, 0.717) is 0 Å². The molecule has 0 spiro atoms. The number of nitrogens with one attached hydrogen (secondary N) is 2. The van der Waals surface area contributed by atoms with E-state index < -0.39 is 0 Å². The van der Waals surface area contributed by atoms with Crippen LogP contribution in [0.2, 0.25) is 0 Å². The van der Waals surface area contributed by atoms with E-state index in [2.05, 4.69) is 20.6 Å². The molecule has 0 amide bonds. The Morgan fingerprint density at radius 2 is 2.13 bits per heavy atom. The third-order valence-electron chi connectivity index (χ3n) is 1.90. The Morgan fingerprint density at radius 1 is 1.33 bits per heavy atom. The normalized spacial score (nSPS) is 10.0. The lowest BCUT2D eigenvalue weighted by Gasteiger charge is -2.06. The Kier molecular flexibility index (Phi) is 5.47. The van der Waals surface area contributed by atoms with E-state index in [-0.39, 0.29) is 0 Å². The van der Waals surface area contributed by atoms with Gasteiger partial charge >= 0.3 is 0 Å². The Morgan fingerprint density at radius 3 is 2.87 bits per heavy atom. The minimum Gasteiger partial charge on any atom is -0.382 e. The highest BCUT2D eigenvalue weighted by atomic mass is 16.5. The van der Waals surface area contributed by atoms with Gasteiger partial charge in [0.05, 0.1) is 0 Å². The molecule has 0 unspecified atom stereocenters. The number of hydrogen-bond acceptors (Lipinski definition) is 5. The number of aromatic nitrogens is 2. The standard InChI is InChI=1S/C10H18N4O/c1-3-15-6-4-5-12-10-7-9(11-2)13-8-14-10/h7-8H,3-6H2,1-2H3,(H2,11,12,13,14). The van der Waals surface area contributed by atoms with Crippen molar-refractivity contribution in [2.45, 2.75) is 13.3 Å². The van der Waals surface area contributed by atoms with Gasteiger partial charge in [-0.05, 0) is 13.3 Å². The summed E-state index contributed by atoms with van der Waals surface area (Å²) in [5.74, 6) is 1.66. The zero-order valence-corrected chi connectivity index (χ0v) is 9.29. The van der Waals surface area contributed by atoms with E-state index in [1.54, 1.807) is 0 Å². The first kappa shape index (κ1) is 11.7. The van der Waals surface area contributed by atoms with E-state index in [1.165, 1.54) is 6.33 Å². The average molecular weight is 210 g/mol. The van der Waals surface area contributed by atoms with Crippen LogP contribution in [-0.4, -0.2) is 36.8 Å². The molecule has 0 saturated carbocycles. The van der Waals surface area contributed by atoms with E-state index in [4.69, 9.17) is 4.74 Å². The molecule has 1 heterocycles. The first-order valence-corrected chi connectivity index (χ1v) is 5.18. The molecule has 5 nitrogen and oxygen atoms in total. The molecule has 1 rings (SSSR count). The summed E-state index contributed by atoms with van der Waals surface area (Å²) in [5.41, 5.74) is 0. The summed E-state index contributed by atoms with van der Waals surface area (Å²) in [4.78, 5) is 8.13. The van der Waals surface area contributed by atoms with E-state index in [0.717, 1.165) is 37.8 Å². The molecule has 0 aliphatic rings. The van der Waals surface area contributed by atoms with E-state index in [1.807, 2.05) is 20.0 Å². The Labute approximate surface area is 90.3 Å². The largest absolute Gasteiger partial charge is 0.382 e. The van der Waals surface area contributed by atoms with Gasteiger partial charge in [-0.1, -0.05) is 0 Å². The number of hydrogen-bond donors (Lipinski definition) is 2. The predicted molar refractivity (Wildman–Crippen MR) is 61.2 cm³/mol. The Balaban J connectivity index is 2.24. The second-order valence-corrected chi connectivity index (χ2v) is 3.02. The van der Waals surface area contributed by atoms with Crippen LogP contribution >= 0.6 is 0 Å². The van der Waals surface area contributed by atoms with Crippen LogP contribution in [0.15, 0.2) is 12.4 Å². The maximum absolute atomic E-state index is 5.23. The van der Waals surface area contributed by atoms with Gasteiger partial charge in [0.1, 0.15) is 18.0 Å². The molecule has 15 heavy (non-hydrogen) atoms. The number of nitrogens with zero attached hydrogens (tertiary/aromatic N) is 2. The lowest BCUT2D eigenvalue weighted by Crippen LogP contribution is -2.07. The van der Waals surface area contributed by atoms with Gasteiger partial charge < -0.3 is 15.4 Å². The van der Waals surface area contributed by atoms with Crippen molar-refractivity contribution in [3.63, 3.8) is 0 Å². The fraction of sp³-hybridized carbons (Fsp3) is 0.600. The molecule has 0 bridgehead atoms. The number of ether oxygens (including phenoxy) is 1. The van der Waals surface area contributed by atoms with Gasteiger partial charge in [0.15, 0.2) is 0 Å². The van der Waals surface area contributed by atoms with Crippen molar-refractivity contribution in [1.29, 1.82) is 0 Å². The van der Waals surface area contributed by atoms with Gasteiger partial charge in [-0.25, -0.2) is 9.97 Å². The maximum Gasteiger partial charge on any atom is 0.131 e. The van der Waals surface area contributed by atoms with Crippen LogP contribution in [0.5, 0.6) is 0 Å². The van der Waals surface area contributed by atoms with Crippen LogP contribution in [0.3, 0.4) is 0 Å². The second kappa shape index (κ2) is 7.00. The summed E-state index contributed by atoms with van der Waals surface area (Å²) in [5, 5.41) is 6.17. The smallest absolute Gasteiger partial charge is 0.131 e. The summed E-state index contributed by atoms with van der Waals surface area (Å²) < 4.78 is 5.23. The fourth-order valence-electron chi connectivity index (χ4n) is 1.13. The molecule has 0 fully saturated rings. The van der Waals surface area contributed by atoms with Gasteiger partial charge in [0.25, 0.3) is 0 Å². The van der Waals surface area contributed by atoms with E-state index >= 15 is 0 Å². The van der Waals surface area contributed by atoms with Crippen LogP contribution in [-0.2, 0) is 4.74 Å². The quantitative estimate of drug-likeness (QED) is 0.665. The molecule has 84 valence electrons. The molecule has 0 aliphatic carbocycles. The van der Waals surface area contributed by atoms with Crippen molar-refractivity contribution in [3.05, 3.63) is 12.4 Å². The molecular weight excluding hydrogens is 192 g/mol. The summed E-state index contributed by atoms with van der Waals surface area (Å²) in [6.45, 7) is 4.42. The van der Waals surface area contributed by atoms with Crippen LogP contribution < -0.4 is 10.6 Å². The fourth-order valence-corrected chi connectivity index (χ4v) is 1.13. The lowest BCUT2D eigenvalue weighted by atomic mass is 10.4. The van der Waals surface area contributed by atoms with Gasteiger partial charge in [0, 0.05) is 32.9 Å². The van der Waals surface area contributed by atoms with E-state index in [9.17, 15) is 0 Å². The highest BCUT2D eigenvalue weighted by Gasteiger charge is 1.95. The molecule has 0 atom stereocenters. The molecular formula is C10H18N4O. The highest BCUT2D eigenvalue weighted by molar-refractivity contribution is 5.45. The maximum atomic E-state index is 5.23. The summed E-state index contributed by atoms with van der Waals surface area (Å²) >= 11 is 0. The van der Waals surface area contributed by atoms with Gasteiger partial charge in [-0.2, -0.15) is 0 Å². The highest BCUT2D eigenvalue weighted by Crippen LogP contribution is 2.06. The molecule has 0 saturated heterocycles. The predicted octanol–water partition coefficient (Wildman–Crippen LogP) is 1.36. The summed E-state index contributed by atoms with van der Waals surface area (Å²) in [6.07, 6.45) is 2.52. The third kappa shape index (κ3) is 4.60. The van der Waals surface area contributed by atoms with Crippen molar-refractivity contribution >= 4 is 11.6 Å². The van der Waals surface area contributed by atoms with Crippen molar-refractivity contribution in [3.8, 4) is 0 Å². The molecule has 0 radical (unpaired) electrons. The topological polar surface area (TPSA) is 59.1 Å². The summed E-state index contributed by atoms with van der Waals surface area (Å²) in [7, 11) is 1.83. The van der Waals surface area contributed by atoms with Crippen molar-refractivity contribution in [2.75, 3.05) is 37.4 Å². The van der Waals surface area contributed by atoms with Gasteiger partial charge in [0.2, 0.25) is 0 Å². The Hall–Kier alpha value is -1.36. The number of rotatable bonds is 7. The molecule has 0 aliphatic heterocycles. The first-order valence-electron chi connectivity index (χ1n) is 5.18. The zero-order valence-electron chi connectivity index (χ0n) is 9.29. The van der Waals surface area contributed by atoms with Crippen LogP contribution in [0.1, 0.15) is 13.3 Å². The SMILES string of the molecule is CCOCCCNc1cc(NC)ncn1. The molecule has 1 aromatic heterocycles. The number of anilines is 2. The monoisotopic (exact) mass is 210 g/mol. The average Bonchev–Trinajstić information content (AvgIpc) is 2.29. The molecule has 2 N–H and O–H groups in total.